The number of hydrogen-bond donors (Lipinski definition) is 2. The SMILES string of the molecule is CC1(O)C2CC(C[C@H]1O)[C@@](C)(CS(=O)(=O)c1ccccc1)OO2. The highest BCUT2D eigenvalue weighted by atomic mass is 32.2. The molecule has 1 heterocycles. The van der Waals surface area contributed by atoms with Crippen molar-refractivity contribution in [1.82, 2.24) is 0 Å². The molecule has 1 aromatic carbocycles. The summed E-state index contributed by atoms with van der Waals surface area (Å²) >= 11 is 0. The Balaban J connectivity index is 1.84. The first-order valence-electron chi connectivity index (χ1n) is 7.68. The van der Waals surface area contributed by atoms with Gasteiger partial charge in [-0.2, -0.15) is 0 Å². The summed E-state index contributed by atoms with van der Waals surface area (Å²) < 4.78 is 25.3. The van der Waals surface area contributed by atoms with Crippen LogP contribution in [0.25, 0.3) is 0 Å². The normalized spacial score (nSPS) is 40.8. The molecule has 1 aliphatic carbocycles. The number of benzene rings is 1. The van der Waals surface area contributed by atoms with Crippen molar-refractivity contribution in [2.75, 3.05) is 5.75 Å². The van der Waals surface area contributed by atoms with Crippen LogP contribution in [-0.4, -0.2) is 47.8 Å². The zero-order chi connectivity index (χ0) is 16.9. The zero-order valence-electron chi connectivity index (χ0n) is 13.2. The molecule has 5 atom stereocenters. The largest absolute Gasteiger partial charge is 0.390 e. The first-order valence-corrected chi connectivity index (χ1v) is 9.33. The fourth-order valence-electron chi connectivity index (χ4n) is 3.42. The average molecular weight is 342 g/mol. The Morgan fingerprint density at radius 1 is 1.22 bits per heavy atom. The van der Waals surface area contributed by atoms with Gasteiger partial charge in [-0.3, -0.25) is 0 Å². The molecule has 1 aromatic rings. The van der Waals surface area contributed by atoms with Gasteiger partial charge in [-0.15, -0.1) is 0 Å². The molecular formula is C16H22O6S. The summed E-state index contributed by atoms with van der Waals surface area (Å²) in [5.74, 6) is -0.453. The summed E-state index contributed by atoms with van der Waals surface area (Å²) in [5.41, 5.74) is -2.46. The predicted octanol–water partition coefficient (Wildman–Crippen LogP) is 1.07. The van der Waals surface area contributed by atoms with E-state index in [0.717, 1.165) is 0 Å². The van der Waals surface area contributed by atoms with Crippen molar-refractivity contribution in [1.29, 1.82) is 0 Å². The van der Waals surface area contributed by atoms with Crippen LogP contribution in [0.1, 0.15) is 26.7 Å². The maximum absolute atomic E-state index is 12.6. The molecule has 2 N–H and O–H groups in total. The second-order valence-corrected chi connectivity index (χ2v) is 8.95. The van der Waals surface area contributed by atoms with E-state index < -0.39 is 33.2 Å². The summed E-state index contributed by atoms with van der Waals surface area (Å²) in [6, 6.07) is 8.19. The monoisotopic (exact) mass is 342 g/mol. The van der Waals surface area contributed by atoms with E-state index in [-0.39, 0.29) is 23.0 Å². The van der Waals surface area contributed by atoms with Crippen molar-refractivity contribution >= 4 is 9.84 Å². The lowest BCUT2D eigenvalue weighted by Crippen LogP contribution is -2.64. The lowest BCUT2D eigenvalue weighted by molar-refractivity contribution is -0.449. The van der Waals surface area contributed by atoms with Crippen LogP contribution >= 0.6 is 0 Å². The van der Waals surface area contributed by atoms with Crippen molar-refractivity contribution in [2.45, 2.75) is 55.0 Å². The standard InChI is InChI=1S/C16H22O6S/c1-15(10-23(19,20)12-6-4-3-5-7-12)11-8-13(17)16(2,18)14(9-11)21-22-15/h3-7,11,13-14,17-18H,8-10H2,1-2H3/t11?,13-,14?,15-,16?/m1/s1. The third-order valence-corrected chi connectivity index (χ3v) is 7.07. The molecule has 7 heteroatoms. The van der Waals surface area contributed by atoms with E-state index in [1.807, 2.05) is 0 Å². The molecular weight excluding hydrogens is 320 g/mol. The highest BCUT2D eigenvalue weighted by molar-refractivity contribution is 7.91. The maximum Gasteiger partial charge on any atom is 0.181 e. The van der Waals surface area contributed by atoms with Crippen molar-refractivity contribution in [3.63, 3.8) is 0 Å². The number of hydrogen-bond acceptors (Lipinski definition) is 6. The number of aliphatic hydroxyl groups is 2. The van der Waals surface area contributed by atoms with E-state index in [2.05, 4.69) is 0 Å². The molecule has 2 bridgehead atoms. The number of aliphatic hydroxyl groups excluding tert-OH is 1. The van der Waals surface area contributed by atoms with Crippen LogP contribution in [0.2, 0.25) is 0 Å². The Bertz CT molecular complexity index is 669. The quantitative estimate of drug-likeness (QED) is 0.798. The number of rotatable bonds is 3. The second kappa shape index (κ2) is 5.53. The lowest BCUT2D eigenvalue weighted by Gasteiger charge is -2.52. The van der Waals surface area contributed by atoms with E-state index in [1.54, 1.807) is 37.3 Å². The summed E-state index contributed by atoms with van der Waals surface area (Å²) in [7, 11) is -3.55. The van der Waals surface area contributed by atoms with Crippen molar-refractivity contribution < 1.29 is 28.4 Å². The van der Waals surface area contributed by atoms with Gasteiger partial charge in [0.25, 0.3) is 0 Å². The zero-order valence-corrected chi connectivity index (χ0v) is 14.0. The molecule has 0 amide bonds. The van der Waals surface area contributed by atoms with Gasteiger partial charge >= 0.3 is 0 Å². The number of fused-ring (bicyclic) bond motifs is 2. The first kappa shape index (κ1) is 16.9. The molecule has 3 unspecified atom stereocenters. The highest BCUT2D eigenvalue weighted by Crippen LogP contribution is 2.46. The van der Waals surface area contributed by atoms with Crippen LogP contribution in [0, 0.1) is 5.92 Å². The Morgan fingerprint density at radius 3 is 2.52 bits per heavy atom. The molecule has 0 radical (unpaired) electrons. The molecule has 2 aliphatic rings. The molecule has 3 rings (SSSR count). The summed E-state index contributed by atoms with van der Waals surface area (Å²) in [4.78, 5) is 10.9. The van der Waals surface area contributed by atoms with Crippen LogP contribution in [0.15, 0.2) is 35.2 Å². The second-order valence-electron chi connectivity index (χ2n) is 6.96. The molecule has 1 aliphatic heterocycles. The van der Waals surface area contributed by atoms with E-state index >= 15 is 0 Å². The van der Waals surface area contributed by atoms with Crippen molar-refractivity contribution in [2.24, 2.45) is 5.92 Å². The van der Waals surface area contributed by atoms with Gasteiger partial charge in [0.15, 0.2) is 9.84 Å². The molecule has 23 heavy (non-hydrogen) atoms. The van der Waals surface area contributed by atoms with Crippen LogP contribution < -0.4 is 0 Å². The van der Waals surface area contributed by atoms with Crippen LogP contribution in [0.3, 0.4) is 0 Å². The van der Waals surface area contributed by atoms with Crippen LogP contribution in [0.5, 0.6) is 0 Å². The lowest BCUT2D eigenvalue weighted by atomic mass is 9.69. The van der Waals surface area contributed by atoms with Crippen LogP contribution in [-0.2, 0) is 19.6 Å². The molecule has 0 aromatic heterocycles. The Labute approximate surface area is 135 Å². The van der Waals surface area contributed by atoms with E-state index in [4.69, 9.17) is 9.78 Å². The van der Waals surface area contributed by atoms with Gasteiger partial charge in [-0.05, 0) is 44.7 Å². The smallest absolute Gasteiger partial charge is 0.181 e. The van der Waals surface area contributed by atoms with E-state index in [1.165, 1.54) is 6.92 Å². The van der Waals surface area contributed by atoms with E-state index in [9.17, 15) is 18.6 Å². The molecule has 1 saturated heterocycles. The fourth-order valence-corrected chi connectivity index (χ4v) is 5.19. The predicted molar refractivity (Wildman–Crippen MR) is 82.2 cm³/mol. The van der Waals surface area contributed by atoms with Gasteiger partial charge in [0, 0.05) is 0 Å². The summed E-state index contributed by atoms with van der Waals surface area (Å²) in [5, 5.41) is 20.4. The average Bonchev–Trinajstić information content (AvgIpc) is 2.48. The third kappa shape index (κ3) is 2.92. The molecule has 0 spiro atoms. The minimum absolute atomic E-state index is 0.213. The molecule has 1 saturated carbocycles. The van der Waals surface area contributed by atoms with Gasteiger partial charge in [0.2, 0.25) is 0 Å². The van der Waals surface area contributed by atoms with Crippen LogP contribution in [0.4, 0.5) is 0 Å². The number of sulfone groups is 1. The maximum atomic E-state index is 12.6. The Kier molecular flexibility index (Phi) is 4.05. The van der Waals surface area contributed by atoms with E-state index in [0.29, 0.717) is 6.42 Å². The molecule has 6 nitrogen and oxygen atoms in total. The Morgan fingerprint density at radius 2 is 1.87 bits per heavy atom. The summed E-state index contributed by atoms with van der Waals surface area (Å²) in [6.45, 7) is 3.19. The minimum atomic E-state index is -3.55. The topological polar surface area (TPSA) is 93.1 Å². The molecule has 128 valence electrons. The highest BCUT2D eigenvalue weighted by Gasteiger charge is 2.56. The van der Waals surface area contributed by atoms with Crippen molar-refractivity contribution in [3.8, 4) is 0 Å². The third-order valence-electron chi connectivity index (χ3n) is 5.13. The first-order chi connectivity index (χ1) is 10.7. The summed E-state index contributed by atoms with van der Waals surface area (Å²) in [6.07, 6.45) is -0.920. The van der Waals surface area contributed by atoms with Crippen molar-refractivity contribution in [3.05, 3.63) is 30.3 Å². The minimum Gasteiger partial charge on any atom is -0.390 e. The van der Waals surface area contributed by atoms with Gasteiger partial charge in [-0.25, -0.2) is 18.2 Å². The van der Waals surface area contributed by atoms with Gasteiger partial charge in [0.05, 0.1) is 16.8 Å². The van der Waals surface area contributed by atoms with Gasteiger partial charge < -0.3 is 10.2 Å². The molecule has 2 fully saturated rings. The van der Waals surface area contributed by atoms with Gasteiger partial charge in [0.1, 0.15) is 17.3 Å². The fraction of sp³-hybridized carbons (Fsp3) is 0.625. The van der Waals surface area contributed by atoms with Gasteiger partial charge in [-0.1, -0.05) is 18.2 Å². The Hall–Kier alpha value is -0.990.